The predicted molar refractivity (Wildman–Crippen MR) is 86.8 cm³/mol. The van der Waals surface area contributed by atoms with Gasteiger partial charge in [-0.3, -0.25) is 4.90 Å². The lowest BCUT2D eigenvalue weighted by molar-refractivity contribution is 0.0418. The Morgan fingerprint density at radius 2 is 1.65 bits per heavy atom. The minimum Gasteiger partial charge on any atom is -0.377 e. The van der Waals surface area contributed by atoms with E-state index >= 15 is 0 Å². The zero-order chi connectivity index (χ0) is 13.5. The number of piperidine rings is 1. The van der Waals surface area contributed by atoms with E-state index in [0.29, 0.717) is 6.10 Å². The predicted octanol–water partition coefficient (Wildman–Crippen LogP) is 1.45. The van der Waals surface area contributed by atoms with Crippen molar-refractivity contribution >= 4 is 12.4 Å². The molecule has 4 nitrogen and oxygen atoms in total. The van der Waals surface area contributed by atoms with Gasteiger partial charge in [0.25, 0.3) is 0 Å². The lowest BCUT2D eigenvalue weighted by atomic mass is 9.97. The molecule has 0 bridgehead atoms. The van der Waals surface area contributed by atoms with E-state index in [1.54, 1.807) is 0 Å². The smallest absolute Gasteiger partial charge is 0.0596 e. The van der Waals surface area contributed by atoms with Crippen molar-refractivity contribution in [3.8, 4) is 0 Å². The van der Waals surface area contributed by atoms with E-state index in [4.69, 9.17) is 4.74 Å². The Morgan fingerprint density at radius 3 is 2.25 bits per heavy atom. The molecule has 2 fully saturated rings. The molecule has 120 valence electrons. The number of ether oxygens (including phenoxy) is 1. The van der Waals surface area contributed by atoms with Gasteiger partial charge < -0.3 is 15.0 Å². The molecule has 2 saturated heterocycles. The third kappa shape index (κ3) is 6.72. The van der Waals surface area contributed by atoms with E-state index in [2.05, 4.69) is 29.0 Å². The van der Waals surface area contributed by atoms with Crippen molar-refractivity contribution in [2.75, 3.05) is 59.0 Å². The van der Waals surface area contributed by atoms with E-state index in [1.807, 2.05) is 0 Å². The number of hydrogen-bond donors (Lipinski definition) is 1. The lowest BCUT2D eigenvalue weighted by Crippen LogP contribution is -2.49. The molecule has 0 atom stereocenters. The molecular weight excluding hydrogens is 274 g/mol. The van der Waals surface area contributed by atoms with Crippen LogP contribution in [0.3, 0.4) is 0 Å². The van der Waals surface area contributed by atoms with E-state index in [9.17, 15) is 0 Å². The zero-order valence-electron chi connectivity index (χ0n) is 13.1. The molecule has 2 aliphatic rings. The van der Waals surface area contributed by atoms with Crippen LogP contribution in [-0.4, -0.2) is 74.9 Å². The number of nitrogens with zero attached hydrogens (tertiary/aromatic N) is 2. The Hall–Kier alpha value is 0.130. The van der Waals surface area contributed by atoms with Crippen LogP contribution in [0.25, 0.3) is 0 Å². The summed E-state index contributed by atoms with van der Waals surface area (Å²) in [6.45, 7) is 14.9. The fraction of sp³-hybridized carbons (Fsp3) is 1.00. The molecule has 2 rings (SSSR count). The SMILES string of the molecule is CC(C)OCCN1CCN(CC2CCNCC2)CC1.Cl. The molecule has 2 aliphatic heterocycles. The highest BCUT2D eigenvalue weighted by Crippen LogP contribution is 2.14. The van der Waals surface area contributed by atoms with Gasteiger partial charge in [0.1, 0.15) is 0 Å². The van der Waals surface area contributed by atoms with Crippen molar-refractivity contribution in [1.29, 1.82) is 0 Å². The zero-order valence-corrected chi connectivity index (χ0v) is 14.0. The summed E-state index contributed by atoms with van der Waals surface area (Å²) in [5.41, 5.74) is 0. The molecule has 0 aromatic rings. The molecular formula is C15H32ClN3O. The van der Waals surface area contributed by atoms with Gasteiger partial charge in [-0.1, -0.05) is 0 Å². The molecule has 0 radical (unpaired) electrons. The van der Waals surface area contributed by atoms with Crippen LogP contribution in [0.15, 0.2) is 0 Å². The average Bonchev–Trinajstić information content (AvgIpc) is 2.42. The number of halogens is 1. The Morgan fingerprint density at radius 1 is 1.05 bits per heavy atom. The van der Waals surface area contributed by atoms with Crippen molar-refractivity contribution in [3.63, 3.8) is 0 Å². The molecule has 0 aromatic heterocycles. The molecule has 1 N–H and O–H groups in total. The third-order valence-electron chi connectivity index (χ3n) is 4.30. The third-order valence-corrected chi connectivity index (χ3v) is 4.30. The summed E-state index contributed by atoms with van der Waals surface area (Å²) < 4.78 is 5.63. The molecule has 0 aromatic carbocycles. The van der Waals surface area contributed by atoms with Gasteiger partial charge >= 0.3 is 0 Å². The average molecular weight is 306 g/mol. The fourth-order valence-corrected chi connectivity index (χ4v) is 3.04. The van der Waals surface area contributed by atoms with Gasteiger partial charge in [-0.15, -0.1) is 12.4 Å². The number of rotatable bonds is 6. The number of nitrogens with one attached hydrogen (secondary N) is 1. The second kappa shape index (κ2) is 9.96. The van der Waals surface area contributed by atoms with E-state index < -0.39 is 0 Å². The van der Waals surface area contributed by atoms with Gasteiger partial charge in [-0.25, -0.2) is 0 Å². The Labute approximate surface area is 130 Å². The summed E-state index contributed by atoms with van der Waals surface area (Å²) in [6.07, 6.45) is 3.09. The molecule has 2 heterocycles. The molecule has 0 aliphatic carbocycles. The second-order valence-electron chi connectivity index (χ2n) is 6.26. The second-order valence-corrected chi connectivity index (χ2v) is 6.26. The van der Waals surface area contributed by atoms with Crippen LogP contribution in [0, 0.1) is 5.92 Å². The van der Waals surface area contributed by atoms with Crippen LogP contribution in [0.4, 0.5) is 0 Å². The molecule has 5 heteroatoms. The van der Waals surface area contributed by atoms with Crippen LogP contribution in [0.2, 0.25) is 0 Å². The van der Waals surface area contributed by atoms with Gasteiger partial charge in [0, 0.05) is 39.3 Å². The van der Waals surface area contributed by atoms with Crippen molar-refractivity contribution in [1.82, 2.24) is 15.1 Å². The maximum absolute atomic E-state index is 5.63. The summed E-state index contributed by atoms with van der Waals surface area (Å²) in [6, 6.07) is 0. The van der Waals surface area contributed by atoms with Gasteiger partial charge in [0.05, 0.1) is 12.7 Å². The first-order valence-electron chi connectivity index (χ1n) is 8.01. The summed E-state index contributed by atoms with van der Waals surface area (Å²) in [5, 5.41) is 3.45. The van der Waals surface area contributed by atoms with Gasteiger partial charge in [0.2, 0.25) is 0 Å². The summed E-state index contributed by atoms with van der Waals surface area (Å²) in [7, 11) is 0. The van der Waals surface area contributed by atoms with E-state index in [-0.39, 0.29) is 12.4 Å². The van der Waals surface area contributed by atoms with Crippen LogP contribution < -0.4 is 5.32 Å². The summed E-state index contributed by atoms with van der Waals surface area (Å²) >= 11 is 0. The first-order valence-corrected chi connectivity index (χ1v) is 8.01. The highest BCUT2D eigenvalue weighted by Gasteiger charge is 2.21. The van der Waals surface area contributed by atoms with Crippen molar-refractivity contribution < 1.29 is 4.74 Å². The standard InChI is InChI=1S/C15H31N3O.ClH/c1-14(2)19-12-11-17-7-9-18(10-8-17)13-15-3-5-16-6-4-15;/h14-16H,3-13H2,1-2H3;1H. The van der Waals surface area contributed by atoms with Crippen molar-refractivity contribution in [2.45, 2.75) is 32.8 Å². The Balaban J connectivity index is 0.00000200. The van der Waals surface area contributed by atoms with Crippen molar-refractivity contribution in [2.24, 2.45) is 5.92 Å². The lowest BCUT2D eigenvalue weighted by Gasteiger charge is -2.37. The quantitative estimate of drug-likeness (QED) is 0.804. The fourth-order valence-electron chi connectivity index (χ4n) is 3.04. The molecule has 0 unspecified atom stereocenters. The normalized spacial score (nSPS) is 22.9. The maximum atomic E-state index is 5.63. The summed E-state index contributed by atoms with van der Waals surface area (Å²) in [5.74, 6) is 0.928. The largest absolute Gasteiger partial charge is 0.377 e. The topological polar surface area (TPSA) is 27.7 Å². The highest BCUT2D eigenvalue weighted by molar-refractivity contribution is 5.85. The monoisotopic (exact) mass is 305 g/mol. The highest BCUT2D eigenvalue weighted by atomic mass is 35.5. The molecule has 0 saturated carbocycles. The minimum atomic E-state index is 0. The summed E-state index contributed by atoms with van der Waals surface area (Å²) in [4.78, 5) is 5.21. The van der Waals surface area contributed by atoms with Crippen LogP contribution in [0.5, 0.6) is 0 Å². The van der Waals surface area contributed by atoms with E-state index in [0.717, 1.165) is 19.1 Å². The van der Waals surface area contributed by atoms with Crippen LogP contribution >= 0.6 is 12.4 Å². The first kappa shape index (κ1) is 18.2. The molecule has 20 heavy (non-hydrogen) atoms. The number of piperazine rings is 1. The Bertz CT molecular complexity index is 239. The molecule has 0 amide bonds. The van der Waals surface area contributed by atoms with Gasteiger partial charge in [-0.2, -0.15) is 0 Å². The van der Waals surface area contributed by atoms with Crippen LogP contribution in [0.1, 0.15) is 26.7 Å². The van der Waals surface area contributed by atoms with Crippen molar-refractivity contribution in [3.05, 3.63) is 0 Å². The maximum Gasteiger partial charge on any atom is 0.0596 e. The number of hydrogen-bond acceptors (Lipinski definition) is 4. The van der Waals surface area contributed by atoms with Crippen LogP contribution in [-0.2, 0) is 4.74 Å². The van der Waals surface area contributed by atoms with E-state index in [1.165, 1.54) is 58.7 Å². The van der Waals surface area contributed by atoms with Gasteiger partial charge in [0.15, 0.2) is 0 Å². The Kier molecular flexibility index (Phi) is 9.05. The van der Waals surface area contributed by atoms with Gasteiger partial charge in [-0.05, 0) is 45.7 Å². The molecule has 0 spiro atoms. The first-order chi connectivity index (χ1) is 9.24. The minimum absolute atomic E-state index is 0.